The highest BCUT2D eigenvalue weighted by molar-refractivity contribution is 6.14. The molecule has 4 heterocycles. The first-order valence-electron chi connectivity index (χ1n) is 15.8. The lowest BCUT2D eigenvalue weighted by molar-refractivity contribution is 1.17. The number of para-hydroxylation sites is 1. The largest absolute Gasteiger partial charge is 0.309 e. The molecule has 0 spiro atoms. The minimum absolute atomic E-state index is 0.846. The normalized spacial score (nSPS) is 11.4. The molecule has 0 aliphatic heterocycles. The molecule has 0 fully saturated rings. The predicted molar refractivity (Wildman–Crippen MR) is 193 cm³/mol. The Morgan fingerprint density at radius 2 is 1.15 bits per heavy atom. The molecule has 0 N–H and O–H groups in total. The van der Waals surface area contributed by atoms with Crippen molar-refractivity contribution < 1.29 is 0 Å². The lowest BCUT2D eigenvalue weighted by atomic mass is 9.99. The third-order valence-corrected chi connectivity index (χ3v) is 8.89. The molecule has 0 bridgehead atoms. The molecule has 0 saturated heterocycles. The van der Waals surface area contributed by atoms with Crippen LogP contribution < -0.4 is 0 Å². The molecule has 0 aliphatic carbocycles. The molecule has 0 atom stereocenters. The number of nitrogens with zero attached hydrogens (tertiary/aromatic N) is 4. The second-order valence-corrected chi connectivity index (χ2v) is 11.7. The topological polar surface area (TPSA) is 43.6 Å². The SMILES string of the molecule is c1ccc(-c2nccc3c2c2ccccc2n3-c2ccc(-c3cc(-c4ccc5ccccc5c4)nc(-c4ccccn4)c3)cc2)cc1. The lowest BCUT2D eigenvalue weighted by Gasteiger charge is -2.12. The molecule has 4 heteroatoms. The summed E-state index contributed by atoms with van der Waals surface area (Å²) in [7, 11) is 0. The summed E-state index contributed by atoms with van der Waals surface area (Å²) in [6.45, 7) is 0. The third-order valence-electron chi connectivity index (χ3n) is 8.89. The van der Waals surface area contributed by atoms with Crippen LogP contribution in [0.4, 0.5) is 0 Å². The fourth-order valence-electron chi connectivity index (χ4n) is 6.65. The van der Waals surface area contributed by atoms with Crippen molar-refractivity contribution in [1.29, 1.82) is 0 Å². The van der Waals surface area contributed by atoms with E-state index >= 15 is 0 Å². The Labute approximate surface area is 272 Å². The van der Waals surface area contributed by atoms with Gasteiger partial charge in [-0.3, -0.25) is 9.97 Å². The van der Waals surface area contributed by atoms with Crippen LogP contribution >= 0.6 is 0 Å². The summed E-state index contributed by atoms with van der Waals surface area (Å²) in [4.78, 5) is 14.6. The molecule has 220 valence electrons. The molecular formula is C43H28N4. The first-order chi connectivity index (χ1) is 23.3. The Morgan fingerprint density at radius 1 is 0.404 bits per heavy atom. The second-order valence-electron chi connectivity index (χ2n) is 11.7. The highest BCUT2D eigenvalue weighted by atomic mass is 15.0. The van der Waals surface area contributed by atoms with E-state index < -0.39 is 0 Å². The summed E-state index contributed by atoms with van der Waals surface area (Å²) < 4.78 is 2.34. The predicted octanol–water partition coefficient (Wildman–Crippen LogP) is 10.8. The first kappa shape index (κ1) is 27.0. The van der Waals surface area contributed by atoms with Crippen molar-refractivity contribution in [3.8, 4) is 50.7 Å². The van der Waals surface area contributed by atoms with Crippen molar-refractivity contribution in [2.24, 2.45) is 0 Å². The van der Waals surface area contributed by atoms with Gasteiger partial charge in [0, 0.05) is 40.0 Å². The number of hydrogen-bond donors (Lipinski definition) is 0. The van der Waals surface area contributed by atoms with Gasteiger partial charge < -0.3 is 4.57 Å². The molecule has 0 amide bonds. The van der Waals surface area contributed by atoms with Crippen LogP contribution in [-0.2, 0) is 0 Å². The van der Waals surface area contributed by atoms with E-state index in [0.29, 0.717) is 0 Å². The maximum atomic E-state index is 5.09. The van der Waals surface area contributed by atoms with Gasteiger partial charge in [0.25, 0.3) is 0 Å². The van der Waals surface area contributed by atoms with Crippen LogP contribution in [0.15, 0.2) is 170 Å². The molecule has 0 radical (unpaired) electrons. The van der Waals surface area contributed by atoms with Gasteiger partial charge in [-0.05, 0) is 76.5 Å². The number of benzene rings is 5. The molecule has 0 aliphatic rings. The van der Waals surface area contributed by atoms with Crippen molar-refractivity contribution in [3.05, 3.63) is 170 Å². The lowest BCUT2D eigenvalue weighted by Crippen LogP contribution is -1.95. The van der Waals surface area contributed by atoms with E-state index in [1.165, 1.54) is 16.2 Å². The number of aromatic nitrogens is 4. The van der Waals surface area contributed by atoms with Crippen LogP contribution in [-0.4, -0.2) is 19.5 Å². The van der Waals surface area contributed by atoms with Gasteiger partial charge in [0.2, 0.25) is 0 Å². The van der Waals surface area contributed by atoms with E-state index in [-0.39, 0.29) is 0 Å². The van der Waals surface area contributed by atoms with Crippen LogP contribution in [0.1, 0.15) is 0 Å². The molecule has 0 saturated carbocycles. The zero-order valence-corrected chi connectivity index (χ0v) is 25.5. The van der Waals surface area contributed by atoms with Gasteiger partial charge in [0.15, 0.2) is 0 Å². The molecule has 4 aromatic heterocycles. The average Bonchev–Trinajstić information content (AvgIpc) is 3.50. The van der Waals surface area contributed by atoms with Crippen LogP contribution in [0, 0.1) is 0 Å². The zero-order chi connectivity index (χ0) is 31.2. The fourth-order valence-corrected chi connectivity index (χ4v) is 6.65. The molecule has 5 aromatic carbocycles. The first-order valence-corrected chi connectivity index (χ1v) is 15.8. The van der Waals surface area contributed by atoms with Crippen molar-refractivity contribution in [2.75, 3.05) is 0 Å². The average molecular weight is 601 g/mol. The van der Waals surface area contributed by atoms with Crippen LogP contribution in [0.3, 0.4) is 0 Å². The van der Waals surface area contributed by atoms with Gasteiger partial charge in [-0.15, -0.1) is 0 Å². The van der Waals surface area contributed by atoms with Gasteiger partial charge >= 0.3 is 0 Å². The van der Waals surface area contributed by atoms with E-state index in [0.717, 1.165) is 67.1 Å². The number of hydrogen-bond acceptors (Lipinski definition) is 3. The second kappa shape index (κ2) is 11.2. The van der Waals surface area contributed by atoms with Crippen molar-refractivity contribution in [1.82, 2.24) is 19.5 Å². The maximum Gasteiger partial charge on any atom is 0.0899 e. The Balaban J connectivity index is 1.18. The number of fused-ring (bicyclic) bond motifs is 4. The van der Waals surface area contributed by atoms with E-state index in [9.17, 15) is 0 Å². The smallest absolute Gasteiger partial charge is 0.0899 e. The fraction of sp³-hybridized carbons (Fsp3) is 0. The van der Waals surface area contributed by atoms with Crippen molar-refractivity contribution in [3.63, 3.8) is 0 Å². The zero-order valence-electron chi connectivity index (χ0n) is 25.5. The Kier molecular flexibility index (Phi) is 6.43. The molecule has 0 unspecified atom stereocenters. The standard InChI is InChI=1S/C43H28N4/c1-2-11-31(12-3-1)43-42-36-14-6-7-16-40(36)47(41(42)23-25-45-43)35-21-19-30(20-22-35)34-27-38(46-39(28-34)37-15-8-9-24-44-37)33-18-17-29-10-4-5-13-32(29)26-33/h1-28H. The van der Waals surface area contributed by atoms with Gasteiger partial charge in [-0.2, -0.15) is 0 Å². The summed E-state index contributed by atoms with van der Waals surface area (Å²) in [5.74, 6) is 0. The van der Waals surface area contributed by atoms with E-state index in [1.807, 2.05) is 36.7 Å². The summed E-state index contributed by atoms with van der Waals surface area (Å²) in [5, 5.41) is 4.75. The van der Waals surface area contributed by atoms with Gasteiger partial charge in [0.1, 0.15) is 0 Å². The monoisotopic (exact) mass is 600 g/mol. The Bertz CT molecular complexity index is 2550. The third kappa shape index (κ3) is 4.75. The van der Waals surface area contributed by atoms with Gasteiger partial charge in [0.05, 0.1) is 33.8 Å². The summed E-state index contributed by atoms with van der Waals surface area (Å²) in [5.41, 5.74) is 11.4. The van der Waals surface area contributed by atoms with Crippen LogP contribution in [0.5, 0.6) is 0 Å². The number of pyridine rings is 3. The highest BCUT2D eigenvalue weighted by Gasteiger charge is 2.17. The van der Waals surface area contributed by atoms with Crippen LogP contribution in [0.2, 0.25) is 0 Å². The van der Waals surface area contributed by atoms with E-state index in [1.54, 1.807) is 0 Å². The van der Waals surface area contributed by atoms with Gasteiger partial charge in [-0.25, -0.2) is 4.98 Å². The van der Waals surface area contributed by atoms with Crippen LogP contribution in [0.25, 0.3) is 83.3 Å². The summed E-state index contributed by atoms with van der Waals surface area (Å²) >= 11 is 0. The molecule has 9 rings (SSSR count). The molecule has 9 aromatic rings. The Morgan fingerprint density at radius 3 is 2.00 bits per heavy atom. The minimum Gasteiger partial charge on any atom is -0.309 e. The van der Waals surface area contributed by atoms with E-state index in [2.05, 4.69) is 143 Å². The summed E-state index contributed by atoms with van der Waals surface area (Å²) in [6.07, 6.45) is 3.73. The van der Waals surface area contributed by atoms with Crippen molar-refractivity contribution >= 4 is 32.6 Å². The molecule has 4 nitrogen and oxygen atoms in total. The maximum absolute atomic E-state index is 5.09. The van der Waals surface area contributed by atoms with Crippen molar-refractivity contribution in [2.45, 2.75) is 0 Å². The summed E-state index contributed by atoms with van der Waals surface area (Å²) in [6, 6.07) is 55.2. The Hall–Kier alpha value is -6.39. The number of rotatable bonds is 5. The van der Waals surface area contributed by atoms with E-state index in [4.69, 9.17) is 9.97 Å². The molecular weight excluding hydrogens is 573 g/mol. The molecule has 47 heavy (non-hydrogen) atoms. The highest BCUT2D eigenvalue weighted by Crippen LogP contribution is 2.38. The minimum atomic E-state index is 0.846. The quantitative estimate of drug-likeness (QED) is 0.197. The van der Waals surface area contributed by atoms with Gasteiger partial charge in [-0.1, -0.05) is 103 Å².